The molecule has 0 aromatic rings. The topological polar surface area (TPSA) is 35.5 Å². The van der Waals surface area contributed by atoms with E-state index in [1.165, 1.54) is 30.4 Å². The van der Waals surface area contributed by atoms with Gasteiger partial charge in [0.1, 0.15) is 11.5 Å². The van der Waals surface area contributed by atoms with Crippen molar-refractivity contribution in [2.45, 2.75) is 80.1 Å². The van der Waals surface area contributed by atoms with Gasteiger partial charge in [0.2, 0.25) is 0 Å². The molecular formula is C28H42O3. The summed E-state index contributed by atoms with van der Waals surface area (Å²) in [5, 5.41) is 0. The Morgan fingerprint density at radius 1 is 0.903 bits per heavy atom. The third kappa shape index (κ3) is 7.41. The zero-order valence-electron chi connectivity index (χ0n) is 20.6. The van der Waals surface area contributed by atoms with Gasteiger partial charge in [-0.15, -0.1) is 0 Å². The molecule has 0 unspecified atom stereocenters. The molecule has 1 aliphatic carbocycles. The van der Waals surface area contributed by atoms with Crippen LogP contribution in [-0.4, -0.2) is 12.6 Å². The van der Waals surface area contributed by atoms with E-state index in [-0.39, 0.29) is 11.4 Å². The lowest BCUT2D eigenvalue weighted by molar-refractivity contribution is -0.149. The molecule has 1 aliphatic rings. The quantitative estimate of drug-likeness (QED) is 0.191. The molecule has 0 N–H and O–H groups in total. The second kappa shape index (κ2) is 12.5. The Balaban J connectivity index is 3.15. The third-order valence-electron chi connectivity index (χ3n) is 6.32. The van der Waals surface area contributed by atoms with Crippen molar-refractivity contribution in [2.24, 2.45) is 10.8 Å². The smallest absolute Gasteiger partial charge is 0.316 e. The molecule has 1 saturated carbocycles. The van der Waals surface area contributed by atoms with Gasteiger partial charge in [-0.05, 0) is 77.2 Å². The number of hydrogen-bond donors (Lipinski definition) is 0. The summed E-state index contributed by atoms with van der Waals surface area (Å²) in [6.45, 7) is 20.4. The van der Waals surface area contributed by atoms with Crippen LogP contribution >= 0.6 is 0 Å². The van der Waals surface area contributed by atoms with Crippen LogP contribution in [0.15, 0.2) is 72.3 Å². The molecule has 0 atom stereocenters. The average molecular weight is 427 g/mol. The van der Waals surface area contributed by atoms with Crippen LogP contribution in [0.1, 0.15) is 80.1 Å². The van der Waals surface area contributed by atoms with Crippen LogP contribution in [0.5, 0.6) is 0 Å². The monoisotopic (exact) mass is 426 g/mol. The Labute approximate surface area is 190 Å². The lowest BCUT2D eigenvalue weighted by Gasteiger charge is -2.40. The molecule has 0 bridgehead atoms. The molecule has 0 heterocycles. The SMILES string of the molecule is C=C(/C=C\C(=C/C)C1(C(/C=C\C(=C)OC(=O)C(C)(C)CC)=C/C)CCCCC1)OCC. The van der Waals surface area contributed by atoms with Crippen molar-refractivity contribution in [3.63, 3.8) is 0 Å². The maximum Gasteiger partial charge on any atom is 0.316 e. The number of carbonyl (C=O) groups excluding carboxylic acids is 1. The largest absolute Gasteiger partial charge is 0.495 e. The first kappa shape index (κ1) is 26.7. The van der Waals surface area contributed by atoms with Crippen molar-refractivity contribution in [1.82, 2.24) is 0 Å². The number of rotatable bonds is 11. The molecular weight excluding hydrogens is 384 g/mol. The minimum atomic E-state index is -0.517. The molecule has 0 aromatic carbocycles. The molecule has 3 nitrogen and oxygen atoms in total. The van der Waals surface area contributed by atoms with Crippen LogP contribution < -0.4 is 0 Å². The van der Waals surface area contributed by atoms with Crippen molar-refractivity contribution >= 4 is 5.97 Å². The standard InChI is InChI=1S/C28H42O3/c1-9-24(18-16-22(5)30-12-4)28(20-14-13-15-21-28)25(10-2)19-17-23(6)31-26(29)27(7,8)11-3/h9-10,16-19H,5-6,11-15,20-21H2,1-4,7-8H3/b18-16-,19-17-,24-9+,25-10+. The van der Waals surface area contributed by atoms with Gasteiger partial charge in [-0.25, -0.2) is 0 Å². The summed E-state index contributed by atoms with van der Waals surface area (Å²) < 4.78 is 11.0. The number of ether oxygens (including phenoxy) is 2. The van der Waals surface area contributed by atoms with Crippen LogP contribution in [0.4, 0.5) is 0 Å². The van der Waals surface area contributed by atoms with Gasteiger partial charge in [0, 0.05) is 5.41 Å². The first-order chi connectivity index (χ1) is 14.7. The Morgan fingerprint density at radius 2 is 1.42 bits per heavy atom. The van der Waals surface area contributed by atoms with Gasteiger partial charge in [-0.3, -0.25) is 4.79 Å². The van der Waals surface area contributed by atoms with E-state index in [4.69, 9.17) is 9.47 Å². The molecule has 172 valence electrons. The summed E-state index contributed by atoms with van der Waals surface area (Å²) >= 11 is 0. The fourth-order valence-corrected chi connectivity index (χ4v) is 4.00. The van der Waals surface area contributed by atoms with Gasteiger partial charge >= 0.3 is 5.97 Å². The summed E-state index contributed by atoms with van der Waals surface area (Å²) in [4.78, 5) is 12.4. The number of esters is 1. The highest BCUT2D eigenvalue weighted by Crippen LogP contribution is 2.49. The molecule has 1 fully saturated rings. The Bertz CT molecular complexity index is 753. The first-order valence-electron chi connectivity index (χ1n) is 11.6. The second-order valence-electron chi connectivity index (χ2n) is 8.79. The predicted molar refractivity (Wildman–Crippen MR) is 131 cm³/mol. The number of allylic oxidation sites excluding steroid dienone is 8. The lowest BCUT2D eigenvalue weighted by atomic mass is 9.64. The summed E-state index contributed by atoms with van der Waals surface area (Å²) in [5.74, 6) is 0.800. The van der Waals surface area contributed by atoms with Crippen LogP contribution in [-0.2, 0) is 14.3 Å². The van der Waals surface area contributed by atoms with Gasteiger partial charge in [0.15, 0.2) is 0 Å². The number of hydrogen-bond acceptors (Lipinski definition) is 3. The molecule has 1 rings (SSSR count). The van der Waals surface area contributed by atoms with E-state index in [9.17, 15) is 4.79 Å². The molecule has 0 amide bonds. The molecule has 0 spiro atoms. The minimum Gasteiger partial charge on any atom is -0.495 e. The second-order valence-corrected chi connectivity index (χ2v) is 8.79. The van der Waals surface area contributed by atoms with E-state index >= 15 is 0 Å². The molecule has 0 aromatic heterocycles. The third-order valence-corrected chi connectivity index (χ3v) is 6.32. The van der Waals surface area contributed by atoms with Crippen LogP contribution in [0, 0.1) is 10.8 Å². The van der Waals surface area contributed by atoms with Crippen molar-refractivity contribution in [1.29, 1.82) is 0 Å². The van der Waals surface area contributed by atoms with Crippen molar-refractivity contribution in [2.75, 3.05) is 6.61 Å². The van der Waals surface area contributed by atoms with Crippen LogP contribution in [0.3, 0.4) is 0 Å². The van der Waals surface area contributed by atoms with E-state index in [1.807, 2.05) is 39.8 Å². The fraction of sp³-hybridized carbons (Fsp3) is 0.536. The molecule has 0 aliphatic heterocycles. The normalized spacial score (nSPS) is 17.7. The van der Waals surface area contributed by atoms with E-state index in [0.29, 0.717) is 18.1 Å². The van der Waals surface area contributed by atoms with E-state index in [0.717, 1.165) is 19.3 Å². The average Bonchev–Trinajstić information content (AvgIpc) is 2.75. The van der Waals surface area contributed by atoms with Crippen LogP contribution in [0.2, 0.25) is 0 Å². The zero-order chi connectivity index (χ0) is 23.5. The first-order valence-corrected chi connectivity index (χ1v) is 11.6. The van der Waals surface area contributed by atoms with Gasteiger partial charge in [0.05, 0.1) is 12.0 Å². The van der Waals surface area contributed by atoms with Crippen molar-refractivity contribution in [3.05, 3.63) is 72.3 Å². The van der Waals surface area contributed by atoms with Crippen LogP contribution in [0.25, 0.3) is 0 Å². The van der Waals surface area contributed by atoms with E-state index in [2.05, 4.69) is 51.3 Å². The maximum atomic E-state index is 12.4. The minimum absolute atomic E-state index is 0.0752. The predicted octanol–water partition coefficient (Wildman–Crippen LogP) is 7.99. The maximum absolute atomic E-state index is 12.4. The van der Waals surface area contributed by atoms with Gasteiger partial charge in [-0.1, -0.05) is 63.6 Å². The van der Waals surface area contributed by atoms with Gasteiger partial charge in [0.25, 0.3) is 0 Å². The highest BCUT2D eigenvalue weighted by Gasteiger charge is 2.36. The number of carbonyl (C=O) groups is 1. The zero-order valence-corrected chi connectivity index (χ0v) is 20.6. The van der Waals surface area contributed by atoms with Gasteiger partial charge < -0.3 is 9.47 Å². The Kier molecular flexibility index (Phi) is 10.8. The Hall–Kier alpha value is -2.29. The van der Waals surface area contributed by atoms with E-state index in [1.54, 1.807) is 0 Å². The lowest BCUT2D eigenvalue weighted by Crippen LogP contribution is -2.28. The molecule has 0 saturated heterocycles. The molecule has 3 heteroatoms. The summed E-state index contributed by atoms with van der Waals surface area (Å²) in [7, 11) is 0. The summed E-state index contributed by atoms with van der Waals surface area (Å²) in [6, 6.07) is 0. The highest BCUT2D eigenvalue weighted by molar-refractivity contribution is 5.77. The van der Waals surface area contributed by atoms with Crippen molar-refractivity contribution in [3.8, 4) is 0 Å². The highest BCUT2D eigenvalue weighted by atomic mass is 16.5. The Morgan fingerprint density at radius 3 is 1.87 bits per heavy atom. The van der Waals surface area contributed by atoms with E-state index < -0.39 is 5.41 Å². The van der Waals surface area contributed by atoms with Crippen molar-refractivity contribution < 1.29 is 14.3 Å². The molecule has 0 radical (unpaired) electrons. The summed E-state index contributed by atoms with van der Waals surface area (Å²) in [6.07, 6.45) is 18.8. The fourth-order valence-electron chi connectivity index (χ4n) is 4.00. The summed E-state index contributed by atoms with van der Waals surface area (Å²) in [5.41, 5.74) is 1.89. The molecule has 31 heavy (non-hydrogen) atoms. The van der Waals surface area contributed by atoms with Gasteiger partial charge in [-0.2, -0.15) is 0 Å².